The van der Waals surface area contributed by atoms with Gasteiger partial charge >= 0.3 is 0 Å². The summed E-state index contributed by atoms with van der Waals surface area (Å²) in [5.41, 5.74) is 0.631. The van der Waals surface area contributed by atoms with Crippen LogP contribution in [-0.4, -0.2) is 17.9 Å². The first-order chi connectivity index (χ1) is 7.79. The molecular weight excluding hydrogens is 200 g/mol. The number of hydrogen-bond donors (Lipinski definition) is 0. The van der Waals surface area contributed by atoms with E-state index < -0.39 is 0 Å². The fourth-order valence-electron chi connectivity index (χ4n) is 1.38. The van der Waals surface area contributed by atoms with Crippen LogP contribution in [0.3, 0.4) is 0 Å². The summed E-state index contributed by atoms with van der Waals surface area (Å²) >= 11 is 0. The molecule has 2 aromatic rings. The first-order valence-corrected chi connectivity index (χ1v) is 4.94. The summed E-state index contributed by atoms with van der Waals surface area (Å²) in [5, 5.41) is 0. The average molecular weight is 211 g/mol. The quantitative estimate of drug-likeness (QED) is 0.762. The highest BCUT2D eigenvalue weighted by Crippen LogP contribution is 2.11. The number of hydrogen-bond acceptors (Lipinski definition) is 2. The van der Waals surface area contributed by atoms with Gasteiger partial charge in [0, 0.05) is 18.8 Å². The molecule has 0 saturated heterocycles. The van der Waals surface area contributed by atoms with E-state index in [1.54, 1.807) is 43.6 Å². The Bertz CT molecular complexity index is 468. The fourth-order valence-corrected chi connectivity index (χ4v) is 1.38. The summed E-state index contributed by atoms with van der Waals surface area (Å²) in [4.78, 5) is 17.7. The number of aromatic nitrogens is 1. The van der Waals surface area contributed by atoms with Crippen molar-refractivity contribution in [2.24, 2.45) is 0 Å². The monoisotopic (exact) mass is 211 g/mol. The van der Waals surface area contributed by atoms with Crippen LogP contribution in [0.1, 0.15) is 10.4 Å². The second kappa shape index (κ2) is 4.57. The van der Waals surface area contributed by atoms with Crippen molar-refractivity contribution in [3.63, 3.8) is 0 Å². The van der Waals surface area contributed by atoms with Gasteiger partial charge in [0.15, 0.2) is 0 Å². The van der Waals surface area contributed by atoms with E-state index >= 15 is 0 Å². The standard InChI is InChI=1S/C13H11N2O/c1-15(12-9-5-6-10-14-12)13(16)11-7-3-2-4-8-11/h3-10H,1H3. The van der Waals surface area contributed by atoms with Gasteiger partial charge in [0.2, 0.25) is 0 Å². The minimum absolute atomic E-state index is 0.0762. The Balaban J connectivity index is 2.24. The van der Waals surface area contributed by atoms with Gasteiger partial charge in [-0.1, -0.05) is 18.2 Å². The highest BCUT2D eigenvalue weighted by molar-refractivity contribution is 6.05. The van der Waals surface area contributed by atoms with Gasteiger partial charge in [0.1, 0.15) is 5.82 Å². The molecule has 0 unspecified atom stereocenters. The van der Waals surface area contributed by atoms with Crippen LogP contribution in [0.4, 0.5) is 5.82 Å². The molecule has 1 radical (unpaired) electrons. The molecule has 79 valence electrons. The van der Waals surface area contributed by atoms with E-state index in [9.17, 15) is 4.79 Å². The van der Waals surface area contributed by atoms with Crippen LogP contribution in [0.25, 0.3) is 0 Å². The molecule has 1 amide bonds. The summed E-state index contributed by atoms with van der Waals surface area (Å²) in [6.07, 6.45) is 1.66. The summed E-state index contributed by atoms with van der Waals surface area (Å²) in [6.45, 7) is 0. The lowest BCUT2D eigenvalue weighted by atomic mass is 10.2. The molecule has 1 aromatic carbocycles. The van der Waals surface area contributed by atoms with E-state index in [4.69, 9.17) is 0 Å². The van der Waals surface area contributed by atoms with Crippen LogP contribution < -0.4 is 4.90 Å². The Morgan fingerprint density at radius 1 is 1.25 bits per heavy atom. The summed E-state index contributed by atoms with van der Waals surface area (Å²) < 4.78 is 0. The van der Waals surface area contributed by atoms with Crippen molar-refractivity contribution in [1.82, 2.24) is 4.98 Å². The molecule has 3 heteroatoms. The molecule has 0 saturated carbocycles. The molecule has 1 aromatic heterocycles. The van der Waals surface area contributed by atoms with E-state index in [0.717, 1.165) is 0 Å². The molecule has 1 heterocycles. The third-order valence-corrected chi connectivity index (χ3v) is 2.26. The van der Waals surface area contributed by atoms with Crippen LogP contribution in [0, 0.1) is 6.07 Å². The minimum atomic E-state index is -0.0762. The van der Waals surface area contributed by atoms with Crippen molar-refractivity contribution in [3.8, 4) is 0 Å². The van der Waals surface area contributed by atoms with Crippen molar-refractivity contribution in [2.45, 2.75) is 0 Å². The average Bonchev–Trinajstić information content (AvgIpc) is 2.39. The predicted octanol–water partition coefficient (Wildman–Crippen LogP) is 2.16. The maximum absolute atomic E-state index is 12.0. The van der Waals surface area contributed by atoms with Crippen LogP contribution >= 0.6 is 0 Å². The number of rotatable bonds is 2. The number of carbonyl (C=O) groups is 1. The third kappa shape index (κ3) is 2.08. The number of benzene rings is 1. The normalized spacial score (nSPS) is 9.81. The van der Waals surface area contributed by atoms with Gasteiger partial charge in [-0.05, 0) is 30.3 Å². The largest absolute Gasteiger partial charge is 0.296 e. The van der Waals surface area contributed by atoms with E-state index in [-0.39, 0.29) is 5.91 Å². The van der Waals surface area contributed by atoms with Crippen LogP contribution in [0.2, 0.25) is 0 Å². The van der Waals surface area contributed by atoms with Crippen molar-refractivity contribution in [2.75, 3.05) is 11.9 Å². The van der Waals surface area contributed by atoms with Gasteiger partial charge in [-0.3, -0.25) is 9.69 Å². The number of pyridine rings is 1. The molecule has 0 N–H and O–H groups in total. The maximum atomic E-state index is 12.0. The van der Waals surface area contributed by atoms with Gasteiger partial charge in [-0.25, -0.2) is 4.98 Å². The predicted molar refractivity (Wildman–Crippen MR) is 62.2 cm³/mol. The minimum Gasteiger partial charge on any atom is -0.296 e. The SMILES string of the molecule is CN(C(=O)c1cc[c]cc1)c1ccccn1. The van der Waals surface area contributed by atoms with E-state index in [1.807, 2.05) is 12.1 Å². The molecule has 3 nitrogen and oxygen atoms in total. The highest BCUT2D eigenvalue weighted by atomic mass is 16.2. The summed E-state index contributed by atoms with van der Waals surface area (Å²) in [6, 6.07) is 15.3. The second-order valence-corrected chi connectivity index (χ2v) is 3.34. The molecule has 0 aliphatic heterocycles. The van der Waals surface area contributed by atoms with Crippen molar-refractivity contribution in [1.29, 1.82) is 0 Å². The van der Waals surface area contributed by atoms with Gasteiger partial charge in [0.05, 0.1) is 0 Å². The van der Waals surface area contributed by atoms with E-state index in [1.165, 1.54) is 4.90 Å². The zero-order valence-electron chi connectivity index (χ0n) is 8.92. The number of nitrogens with zero attached hydrogens (tertiary/aromatic N) is 2. The second-order valence-electron chi connectivity index (χ2n) is 3.34. The zero-order valence-corrected chi connectivity index (χ0v) is 8.92. The first-order valence-electron chi connectivity index (χ1n) is 4.94. The van der Waals surface area contributed by atoms with E-state index in [0.29, 0.717) is 11.4 Å². The number of anilines is 1. The number of amides is 1. The van der Waals surface area contributed by atoms with Crippen LogP contribution in [0.5, 0.6) is 0 Å². The zero-order chi connectivity index (χ0) is 11.4. The highest BCUT2D eigenvalue weighted by Gasteiger charge is 2.12. The molecule has 0 fully saturated rings. The van der Waals surface area contributed by atoms with Gasteiger partial charge in [0.25, 0.3) is 5.91 Å². The molecule has 0 aliphatic rings. The lowest BCUT2D eigenvalue weighted by Gasteiger charge is -2.15. The number of carbonyl (C=O) groups excluding carboxylic acids is 1. The Kier molecular flexibility index (Phi) is 2.96. The Hall–Kier alpha value is -2.16. The first kappa shape index (κ1) is 10.4. The topological polar surface area (TPSA) is 33.2 Å². The van der Waals surface area contributed by atoms with E-state index in [2.05, 4.69) is 11.1 Å². The van der Waals surface area contributed by atoms with Gasteiger partial charge < -0.3 is 0 Å². The summed E-state index contributed by atoms with van der Waals surface area (Å²) in [5.74, 6) is 0.563. The van der Waals surface area contributed by atoms with Crippen LogP contribution in [-0.2, 0) is 0 Å². The molecule has 2 rings (SSSR count). The molecule has 0 bridgehead atoms. The van der Waals surface area contributed by atoms with Crippen molar-refractivity contribution in [3.05, 3.63) is 60.3 Å². The van der Waals surface area contributed by atoms with Crippen LogP contribution in [0.15, 0.2) is 48.7 Å². The third-order valence-electron chi connectivity index (χ3n) is 2.26. The van der Waals surface area contributed by atoms with Crippen molar-refractivity contribution >= 4 is 11.7 Å². The fraction of sp³-hybridized carbons (Fsp3) is 0.0769. The Morgan fingerprint density at radius 2 is 2.00 bits per heavy atom. The van der Waals surface area contributed by atoms with Crippen molar-refractivity contribution < 1.29 is 4.79 Å². The van der Waals surface area contributed by atoms with Gasteiger partial charge in [-0.2, -0.15) is 0 Å². The molecule has 0 spiro atoms. The molecule has 0 aliphatic carbocycles. The lowest BCUT2D eigenvalue weighted by molar-refractivity contribution is 0.0992. The lowest BCUT2D eigenvalue weighted by Crippen LogP contribution is -2.26. The maximum Gasteiger partial charge on any atom is 0.259 e. The Labute approximate surface area is 94.4 Å². The molecular formula is C13H11N2O. The molecule has 16 heavy (non-hydrogen) atoms. The Morgan fingerprint density at radius 3 is 2.62 bits per heavy atom. The smallest absolute Gasteiger partial charge is 0.259 e. The summed E-state index contributed by atoms with van der Waals surface area (Å²) in [7, 11) is 1.71. The molecule has 0 atom stereocenters. The van der Waals surface area contributed by atoms with Gasteiger partial charge in [-0.15, -0.1) is 0 Å².